The fraction of sp³-hybridized carbons (Fsp3) is 0.360. The topological polar surface area (TPSA) is 171 Å². The average Bonchev–Trinajstić information content (AvgIpc) is 3.17. The Kier molecular flexibility index (Phi) is 8.56. The number of nitrogens with one attached hydrogen (secondary N) is 1. The van der Waals surface area contributed by atoms with Gasteiger partial charge in [-0.25, -0.2) is 9.59 Å². The molecule has 3 rings (SSSR count). The molecule has 0 aromatic heterocycles. The fourth-order valence-corrected chi connectivity index (χ4v) is 4.05. The van der Waals surface area contributed by atoms with Crippen LogP contribution in [0.1, 0.15) is 42.7 Å². The summed E-state index contributed by atoms with van der Waals surface area (Å²) in [5.74, 6) is -3.37. The largest absolute Gasteiger partial charge is 0.466 e. The molecule has 0 radical (unpaired) electrons. The van der Waals surface area contributed by atoms with Crippen LogP contribution in [0.25, 0.3) is 11.1 Å². The van der Waals surface area contributed by atoms with E-state index in [1.54, 1.807) is 5.32 Å². The molecule has 0 unspecified atom stereocenters. The van der Waals surface area contributed by atoms with Crippen molar-refractivity contribution < 1.29 is 33.8 Å². The summed E-state index contributed by atoms with van der Waals surface area (Å²) in [7, 11) is 0. The molecule has 1 aliphatic rings. The molecular formula is C25H29N3O7. The van der Waals surface area contributed by atoms with Crippen LogP contribution in [0.3, 0.4) is 0 Å². The van der Waals surface area contributed by atoms with Gasteiger partial charge >= 0.3 is 18.0 Å². The zero-order valence-electron chi connectivity index (χ0n) is 19.2. The number of esters is 2. The molecule has 10 heteroatoms. The summed E-state index contributed by atoms with van der Waals surface area (Å²) >= 11 is 0. The van der Waals surface area contributed by atoms with Crippen LogP contribution in [-0.2, 0) is 23.9 Å². The van der Waals surface area contributed by atoms with Crippen molar-refractivity contribution in [3.63, 3.8) is 0 Å². The normalized spacial score (nSPS) is 13.8. The first-order chi connectivity index (χ1) is 16.8. The molecule has 2 amide bonds. The molecule has 2 aromatic carbocycles. The van der Waals surface area contributed by atoms with Crippen molar-refractivity contribution in [2.75, 3.05) is 19.8 Å². The second-order valence-corrected chi connectivity index (χ2v) is 8.27. The molecule has 2 aromatic rings. The third-order valence-electron chi connectivity index (χ3n) is 5.92. The summed E-state index contributed by atoms with van der Waals surface area (Å²) in [6.07, 6.45) is -1.30. The Morgan fingerprint density at radius 1 is 0.943 bits per heavy atom. The molecule has 1 aliphatic carbocycles. The molecule has 0 fully saturated rings. The van der Waals surface area contributed by atoms with E-state index in [1.165, 1.54) is 0 Å². The molecule has 0 saturated carbocycles. The van der Waals surface area contributed by atoms with Gasteiger partial charge in [-0.15, -0.1) is 0 Å². The Labute approximate surface area is 202 Å². The molecule has 0 heterocycles. The van der Waals surface area contributed by atoms with Crippen molar-refractivity contribution in [2.45, 2.75) is 37.1 Å². The first-order valence-corrected chi connectivity index (χ1v) is 11.3. The molecule has 1 atom stereocenters. The molecule has 0 aliphatic heterocycles. The van der Waals surface area contributed by atoms with Gasteiger partial charge < -0.3 is 26.0 Å². The van der Waals surface area contributed by atoms with Gasteiger partial charge in [-0.3, -0.25) is 14.9 Å². The van der Waals surface area contributed by atoms with Crippen LogP contribution < -0.4 is 16.8 Å². The summed E-state index contributed by atoms with van der Waals surface area (Å²) in [5, 5.41) is 10.5. The first kappa shape index (κ1) is 25.9. The lowest BCUT2D eigenvalue weighted by molar-refractivity contribution is -0.155. The number of imide groups is 1. The predicted molar refractivity (Wildman–Crippen MR) is 126 cm³/mol. The van der Waals surface area contributed by atoms with E-state index in [4.69, 9.17) is 26.0 Å². The summed E-state index contributed by atoms with van der Waals surface area (Å²) < 4.78 is 10.5. The number of carboxylic acid groups (broad SMARTS) is 1. The number of rotatable bonds is 11. The van der Waals surface area contributed by atoms with Crippen molar-refractivity contribution >= 4 is 23.9 Å². The minimum absolute atomic E-state index is 0.115. The van der Waals surface area contributed by atoms with E-state index < -0.39 is 35.9 Å². The number of hydrogen-bond donors (Lipinski definition) is 4. The highest BCUT2D eigenvalue weighted by Gasteiger charge is 2.45. The average molecular weight is 484 g/mol. The number of fused-ring (bicyclic) bond motifs is 3. The molecule has 6 N–H and O–H groups in total. The van der Waals surface area contributed by atoms with Gasteiger partial charge in [-0.05, 0) is 48.1 Å². The van der Waals surface area contributed by atoms with Gasteiger partial charge in [0.2, 0.25) is 0 Å². The molecule has 0 bridgehead atoms. The fourth-order valence-electron chi connectivity index (χ4n) is 4.05. The number of amides is 2. The van der Waals surface area contributed by atoms with E-state index in [0.717, 1.165) is 22.3 Å². The number of hydrogen-bond acceptors (Lipinski definition) is 8. The van der Waals surface area contributed by atoms with E-state index >= 15 is 0 Å². The third-order valence-corrected chi connectivity index (χ3v) is 5.92. The maximum atomic E-state index is 13.0. The molecule has 35 heavy (non-hydrogen) atoms. The number of benzene rings is 2. The molecule has 0 spiro atoms. The van der Waals surface area contributed by atoms with Crippen LogP contribution in [-0.4, -0.2) is 54.3 Å². The van der Waals surface area contributed by atoms with Crippen molar-refractivity contribution in [3.05, 3.63) is 59.7 Å². The smallest absolute Gasteiger partial charge is 0.411 e. The summed E-state index contributed by atoms with van der Waals surface area (Å²) in [6.45, 7) is 0.482. The minimum atomic E-state index is -2.40. The van der Waals surface area contributed by atoms with Crippen LogP contribution in [0.2, 0.25) is 0 Å². The van der Waals surface area contributed by atoms with E-state index in [2.05, 4.69) is 0 Å². The second kappa shape index (κ2) is 11.6. The maximum absolute atomic E-state index is 13.0. The van der Waals surface area contributed by atoms with Crippen LogP contribution >= 0.6 is 0 Å². The third kappa shape index (κ3) is 6.03. The van der Waals surface area contributed by atoms with Gasteiger partial charge in [-0.2, -0.15) is 0 Å². The molecule has 10 nitrogen and oxygen atoms in total. The van der Waals surface area contributed by atoms with Crippen LogP contribution in [0.4, 0.5) is 4.79 Å². The Hall–Kier alpha value is -3.76. The van der Waals surface area contributed by atoms with Crippen molar-refractivity contribution in [3.8, 4) is 11.1 Å². The molecular weight excluding hydrogens is 454 g/mol. The SMILES string of the molecule is NCCCCOC(=O)CC[C@](N)(C(=O)NC(=O)O)C(=O)OCC1c2ccccc2-c2ccccc21. The van der Waals surface area contributed by atoms with E-state index in [1.807, 2.05) is 48.5 Å². The monoisotopic (exact) mass is 483 g/mol. The van der Waals surface area contributed by atoms with E-state index in [0.29, 0.717) is 19.4 Å². The van der Waals surface area contributed by atoms with Gasteiger partial charge in [0.05, 0.1) is 6.61 Å². The van der Waals surface area contributed by atoms with Gasteiger partial charge in [0.15, 0.2) is 5.54 Å². The molecule has 0 saturated heterocycles. The molecule has 186 valence electrons. The summed E-state index contributed by atoms with van der Waals surface area (Å²) in [4.78, 5) is 48.6. The van der Waals surface area contributed by atoms with E-state index in [-0.39, 0.29) is 25.6 Å². The van der Waals surface area contributed by atoms with Crippen LogP contribution in [0, 0.1) is 0 Å². The van der Waals surface area contributed by atoms with Gasteiger partial charge in [0.1, 0.15) is 6.61 Å². The zero-order valence-corrected chi connectivity index (χ0v) is 19.2. The Bertz CT molecular complexity index is 1060. The highest BCUT2D eigenvalue weighted by atomic mass is 16.5. The Morgan fingerprint density at radius 3 is 2.11 bits per heavy atom. The van der Waals surface area contributed by atoms with Gasteiger partial charge in [-0.1, -0.05) is 48.5 Å². The standard InChI is InChI=1S/C25H29N3O7/c26-13-5-6-14-34-21(29)11-12-25(27,22(30)28-24(32)33)23(31)35-15-20-18-9-3-1-7-16(18)17-8-2-4-10-19(17)20/h1-4,7-10,20H,5-6,11-15,26-27H2,(H,28,30)(H,32,33)/t25-/m0/s1. The Balaban J connectivity index is 1.71. The zero-order chi connectivity index (χ0) is 25.4. The van der Waals surface area contributed by atoms with Crippen LogP contribution in [0.5, 0.6) is 0 Å². The number of ether oxygens (including phenoxy) is 2. The lowest BCUT2D eigenvalue weighted by Gasteiger charge is -2.26. The van der Waals surface area contributed by atoms with Crippen molar-refractivity contribution in [2.24, 2.45) is 11.5 Å². The quantitative estimate of drug-likeness (QED) is 0.212. The number of carbonyl (C=O) groups is 4. The highest BCUT2D eigenvalue weighted by Crippen LogP contribution is 2.44. The highest BCUT2D eigenvalue weighted by molar-refractivity contribution is 6.11. The minimum Gasteiger partial charge on any atom is -0.466 e. The van der Waals surface area contributed by atoms with Gasteiger partial charge in [0.25, 0.3) is 5.91 Å². The Morgan fingerprint density at radius 2 is 1.54 bits per heavy atom. The van der Waals surface area contributed by atoms with E-state index in [9.17, 15) is 19.2 Å². The van der Waals surface area contributed by atoms with Gasteiger partial charge in [0, 0.05) is 12.3 Å². The maximum Gasteiger partial charge on any atom is 0.411 e. The van der Waals surface area contributed by atoms with Crippen molar-refractivity contribution in [1.29, 1.82) is 0 Å². The number of unbranched alkanes of at least 4 members (excludes halogenated alkanes) is 1. The summed E-state index contributed by atoms with van der Waals surface area (Å²) in [6, 6.07) is 15.4. The lowest BCUT2D eigenvalue weighted by atomic mass is 9.93. The first-order valence-electron chi connectivity index (χ1n) is 11.3. The lowest BCUT2D eigenvalue weighted by Crippen LogP contribution is -2.61. The predicted octanol–water partition coefficient (Wildman–Crippen LogP) is 1.90. The van der Waals surface area contributed by atoms with Crippen LogP contribution in [0.15, 0.2) is 48.5 Å². The number of carbonyl (C=O) groups excluding carboxylic acids is 3. The number of nitrogens with two attached hydrogens (primary N) is 2. The second-order valence-electron chi connectivity index (χ2n) is 8.27. The summed E-state index contributed by atoms with van der Waals surface area (Å²) in [5.41, 5.74) is 13.0. The van der Waals surface area contributed by atoms with Crippen molar-refractivity contribution in [1.82, 2.24) is 5.32 Å².